The van der Waals surface area contributed by atoms with Crippen molar-refractivity contribution in [3.63, 3.8) is 0 Å². The molecule has 2 aromatic heterocycles. The predicted molar refractivity (Wildman–Crippen MR) is 136 cm³/mol. The molecule has 0 bridgehead atoms. The van der Waals surface area contributed by atoms with Crippen molar-refractivity contribution in [1.29, 1.82) is 0 Å². The summed E-state index contributed by atoms with van der Waals surface area (Å²) in [5.74, 6) is 2.57. The van der Waals surface area contributed by atoms with E-state index in [0.29, 0.717) is 17.5 Å². The molecule has 0 amide bonds. The number of hydrogen-bond donors (Lipinski definition) is 0. The topological polar surface area (TPSA) is 44.2 Å². The SMILES string of the molecule is [Pt+2].[c-]1c(Oc2ccccn2)cccc1-c1cccc2c1[CH-]c1c(cccc1Oc1ccccn1)CC2. The van der Waals surface area contributed by atoms with Crippen LogP contribution in [0.1, 0.15) is 22.3 Å². The number of pyridine rings is 2. The van der Waals surface area contributed by atoms with Crippen LogP contribution in [-0.4, -0.2) is 9.97 Å². The molecule has 2 heterocycles. The zero-order chi connectivity index (χ0) is 23.5. The number of hydrogen-bond acceptors (Lipinski definition) is 4. The fourth-order valence-electron chi connectivity index (χ4n) is 4.42. The van der Waals surface area contributed by atoms with Crippen LogP contribution in [0.25, 0.3) is 11.1 Å². The van der Waals surface area contributed by atoms with E-state index in [2.05, 4.69) is 52.8 Å². The molecule has 5 aromatic rings. The van der Waals surface area contributed by atoms with Gasteiger partial charge in [0.15, 0.2) is 0 Å². The summed E-state index contributed by atoms with van der Waals surface area (Å²) in [6.07, 6.45) is 7.58. The summed E-state index contributed by atoms with van der Waals surface area (Å²) >= 11 is 0. The minimum atomic E-state index is 0. The molecule has 0 radical (unpaired) electrons. The van der Waals surface area contributed by atoms with Crippen LogP contribution in [0.5, 0.6) is 23.3 Å². The van der Waals surface area contributed by atoms with E-state index < -0.39 is 0 Å². The molecule has 0 saturated carbocycles. The Morgan fingerprint density at radius 1 is 0.639 bits per heavy atom. The molecule has 0 atom stereocenters. The Hall–Kier alpha value is -3.88. The molecule has 0 N–H and O–H groups in total. The van der Waals surface area contributed by atoms with Crippen LogP contribution in [-0.2, 0) is 33.9 Å². The van der Waals surface area contributed by atoms with Crippen LogP contribution >= 0.6 is 0 Å². The summed E-state index contributed by atoms with van der Waals surface area (Å²) in [5, 5.41) is 0. The van der Waals surface area contributed by atoms with Gasteiger partial charge in [-0.25, -0.2) is 9.97 Å². The summed E-state index contributed by atoms with van der Waals surface area (Å²) in [5.41, 5.74) is 6.90. The van der Waals surface area contributed by atoms with Gasteiger partial charge in [0, 0.05) is 30.3 Å². The van der Waals surface area contributed by atoms with E-state index in [9.17, 15) is 0 Å². The van der Waals surface area contributed by atoms with Gasteiger partial charge >= 0.3 is 21.1 Å². The number of aromatic nitrogens is 2. The maximum absolute atomic E-state index is 6.20. The van der Waals surface area contributed by atoms with Gasteiger partial charge in [-0.05, 0) is 12.1 Å². The molecule has 0 spiro atoms. The number of rotatable bonds is 5. The first-order valence-corrected chi connectivity index (χ1v) is 11.6. The molecule has 1 aliphatic carbocycles. The second-order valence-electron chi connectivity index (χ2n) is 8.32. The summed E-state index contributed by atoms with van der Waals surface area (Å²) in [7, 11) is 0. The van der Waals surface area contributed by atoms with E-state index in [4.69, 9.17) is 9.47 Å². The van der Waals surface area contributed by atoms with Gasteiger partial charge in [-0.15, -0.1) is 46.9 Å². The maximum Gasteiger partial charge on any atom is 2.00 e. The number of aryl methyl sites for hydroxylation is 2. The number of nitrogens with zero attached hydrogens (tertiary/aromatic N) is 2. The van der Waals surface area contributed by atoms with E-state index >= 15 is 0 Å². The molecule has 1 aliphatic rings. The second kappa shape index (κ2) is 10.8. The molecule has 4 nitrogen and oxygen atoms in total. The largest absolute Gasteiger partial charge is 2.00 e. The summed E-state index contributed by atoms with van der Waals surface area (Å²) < 4.78 is 12.1. The minimum Gasteiger partial charge on any atom is -0.477 e. The Morgan fingerprint density at radius 2 is 1.31 bits per heavy atom. The Morgan fingerprint density at radius 3 is 2.03 bits per heavy atom. The van der Waals surface area contributed by atoms with Crippen LogP contribution in [0.4, 0.5) is 0 Å². The number of fused-ring (bicyclic) bond motifs is 2. The first-order chi connectivity index (χ1) is 17.3. The van der Waals surface area contributed by atoms with Crippen molar-refractivity contribution in [1.82, 2.24) is 9.97 Å². The Labute approximate surface area is 225 Å². The summed E-state index contributed by atoms with van der Waals surface area (Å²) in [4.78, 5) is 8.60. The van der Waals surface area contributed by atoms with Gasteiger partial charge in [-0.2, -0.15) is 0 Å². The van der Waals surface area contributed by atoms with Crippen molar-refractivity contribution in [2.45, 2.75) is 12.8 Å². The van der Waals surface area contributed by atoms with E-state index in [0.717, 1.165) is 35.3 Å². The molecule has 0 unspecified atom stereocenters. The van der Waals surface area contributed by atoms with Crippen molar-refractivity contribution in [2.24, 2.45) is 0 Å². The average Bonchev–Trinajstić information content (AvgIpc) is 3.10. The molecule has 0 fully saturated rings. The zero-order valence-corrected chi connectivity index (χ0v) is 21.6. The number of ether oxygens (including phenoxy) is 2. The van der Waals surface area contributed by atoms with Gasteiger partial charge in [0.25, 0.3) is 0 Å². The Bertz CT molecular complexity index is 1470. The first-order valence-electron chi connectivity index (χ1n) is 11.6. The first kappa shape index (κ1) is 23.8. The third kappa shape index (κ3) is 5.05. The van der Waals surface area contributed by atoms with Crippen LogP contribution in [0, 0.1) is 12.5 Å². The Balaban J connectivity index is 0.00000267. The van der Waals surface area contributed by atoms with Crippen LogP contribution in [0.3, 0.4) is 0 Å². The molecule has 6 rings (SSSR count). The quantitative estimate of drug-likeness (QED) is 0.189. The number of benzene rings is 3. The van der Waals surface area contributed by atoms with E-state index in [-0.39, 0.29) is 21.1 Å². The zero-order valence-electron chi connectivity index (χ0n) is 19.3. The maximum atomic E-state index is 6.20. The molecule has 36 heavy (non-hydrogen) atoms. The van der Waals surface area contributed by atoms with E-state index in [1.54, 1.807) is 12.4 Å². The average molecular weight is 650 g/mol. The second-order valence-corrected chi connectivity index (χ2v) is 8.32. The van der Waals surface area contributed by atoms with Crippen LogP contribution in [0.15, 0.2) is 103 Å². The summed E-state index contributed by atoms with van der Waals surface area (Å²) in [6, 6.07) is 33.4. The molecule has 0 aliphatic heterocycles. The molecule has 3 aromatic carbocycles. The standard InChI is InChI=1S/C31H22N2O2.Pt/c1-3-18-32-30(14-1)34-25-11-5-10-24(20-25)26-12-6-8-22-16-17-23-9-7-13-29(28(23)21-27(22)26)35-31-15-2-4-19-33-31;/h1-15,18-19,21H,16-17H2;/q-2;+2. The van der Waals surface area contributed by atoms with Crippen LogP contribution < -0.4 is 9.47 Å². The van der Waals surface area contributed by atoms with Gasteiger partial charge in [0.1, 0.15) is 0 Å². The fourth-order valence-corrected chi connectivity index (χ4v) is 4.42. The predicted octanol–water partition coefficient (Wildman–Crippen LogP) is 7.23. The Kier molecular flexibility index (Phi) is 7.15. The van der Waals surface area contributed by atoms with E-state index in [1.165, 1.54) is 16.7 Å². The van der Waals surface area contributed by atoms with Gasteiger partial charge in [0.2, 0.25) is 11.8 Å². The fraction of sp³-hybridized carbons (Fsp3) is 0.0645. The monoisotopic (exact) mass is 649 g/mol. The van der Waals surface area contributed by atoms with Crippen molar-refractivity contribution >= 4 is 0 Å². The molecule has 5 heteroatoms. The third-order valence-electron chi connectivity index (χ3n) is 6.07. The minimum absolute atomic E-state index is 0. The van der Waals surface area contributed by atoms with Gasteiger partial charge < -0.3 is 9.47 Å². The van der Waals surface area contributed by atoms with Crippen molar-refractivity contribution in [2.75, 3.05) is 0 Å². The van der Waals surface area contributed by atoms with Crippen molar-refractivity contribution in [3.05, 3.63) is 138 Å². The van der Waals surface area contributed by atoms with Crippen molar-refractivity contribution in [3.8, 4) is 34.4 Å². The molecular weight excluding hydrogens is 627 g/mol. The van der Waals surface area contributed by atoms with Gasteiger partial charge in [-0.1, -0.05) is 78.6 Å². The van der Waals surface area contributed by atoms with Crippen LogP contribution in [0.2, 0.25) is 0 Å². The van der Waals surface area contributed by atoms with Gasteiger partial charge in [0.05, 0.1) is 5.75 Å². The van der Waals surface area contributed by atoms with Crippen molar-refractivity contribution < 1.29 is 30.5 Å². The van der Waals surface area contributed by atoms with E-state index in [1.807, 2.05) is 60.7 Å². The smallest absolute Gasteiger partial charge is 0.477 e. The summed E-state index contributed by atoms with van der Waals surface area (Å²) in [6.45, 7) is 0. The molecule has 178 valence electrons. The van der Waals surface area contributed by atoms with Gasteiger partial charge in [-0.3, -0.25) is 0 Å². The molecule has 0 saturated heterocycles. The third-order valence-corrected chi connectivity index (χ3v) is 6.07. The normalized spacial score (nSPS) is 11.7. The molecular formula is C31H22N2O2Pt.